The topological polar surface area (TPSA) is 85.4 Å². The summed E-state index contributed by atoms with van der Waals surface area (Å²) in [5.41, 5.74) is -2.70. The molecule has 2 aromatic carbocycles. The number of benzene rings is 2. The molecule has 3 aliphatic rings. The van der Waals surface area contributed by atoms with E-state index in [-0.39, 0.29) is 43.9 Å². The van der Waals surface area contributed by atoms with Crippen LogP contribution in [0.2, 0.25) is 0 Å². The summed E-state index contributed by atoms with van der Waals surface area (Å²) in [6, 6.07) is 9.30. The summed E-state index contributed by atoms with van der Waals surface area (Å²) in [5.74, 6) is -0.591. The summed E-state index contributed by atoms with van der Waals surface area (Å²) in [5, 5.41) is 3.26. The molecular formula is C30H33F6N5O4. The molecule has 15 heteroatoms. The van der Waals surface area contributed by atoms with Gasteiger partial charge in [0.2, 0.25) is 11.8 Å². The molecule has 3 amide bonds. The average Bonchev–Trinajstić information content (AvgIpc) is 3.00. The van der Waals surface area contributed by atoms with Crippen LogP contribution in [0.15, 0.2) is 48.5 Å². The van der Waals surface area contributed by atoms with E-state index in [0.29, 0.717) is 25.1 Å². The van der Waals surface area contributed by atoms with Gasteiger partial charge in [-0.1, -0.05) is 30.3 Å². The Bertz CT molecular complexity index is 1350. The molecular weight excluding hydrogens is 608 g/mol. The predicted octanol–water partition coefficient (Wildman–Crippen LogP) is 3.93. The van der Waals surface area contributed by atoms with E-state index in [1.165, 1.54) is 9.80 Å². The highest BCUT2D eigenvalue weighted by molar-refractivity contribution is 5.90. The first-order valence-electron chi connectivity index (χ1n) is 14.6. The van der Waals surface area contributed by atoms with Crippen LogP contribution in [0.3, 0.4) is 0 Å². The number of ether oxygens (including phenoxy) is 1. The van der Waals surface area contributed by atoms with Gasteiger partial charge in [0.25, 0.3) is 0 Å². The van der Waals surface area contributed by atoms with Crippen molar-refractivity contribution in [2.45, 2.75) is 50.6 Å². The second-order valence-electron chi connectivity index (χ2n) is 11.3. The van der Waals surface area contributed by atoms with E-state index < -0.39 is 54.0 Å². The summed E-state index contributed by atoms with van der Waals surface area (Å²) in [4.78, 5) is 46.8. The van der Waals surface area contributed by atoms with Crippen molar-refractivity contribution >= 4 is 17.9 Å². The van der Waals surface area contributed by atoms with Crippen molar-refractivity contribution in [2.24, 2.45) is 0 Å². The van der Waals surface area contributed by atoms with E-state index in [1.807, 2.05) is 30.3 Å². The van der Waals surface area contributed by atoms with Gasteiger partial charge >= 0.3 is 18.4 Å². The van der Waals surface area contributed by atoms with E-state index in [0.717, 1.165) is 31.7 Å². The molecule has 0 spiro atoms. The third-order valence-corrected chi connectivity index (χ3v) is 8.24. The van der Waals surface area contributed by atoms with Crippen molar-refractivity contribution in [3.8, 4) is 0 Å². The first-order valence-corrected chi connectivity index (χ1v) is 14.6. The van der Waals surface area contributed by atoms with Crippen molar-refractivity contribution in [3.05, 3.63) is 70.8 Å². The van der Waals surface area contributed by atoms with Crippen LogP contribution in [0.4, 0.5) is 31.1 Å². The number of carbonyl (C=O) groups is 3. The SMILES string of the molecule is O=C1[C@H](CCN2CCNCC2)N2C(=O)CCN(C(=O)OCc3cc(C(F)(F)F)cc(C(F)(F)F)c3)[C@H]2CN1Cc1ccccc1. The van der Waals surface area contributed by atoms with Crippen LogP contribution in [-0.4, -0.2) is 95.5 Å². The van der Waals surface area contributed by atoms with Gasteiger partial charge in [-0.3, -0.25) is 14.5 Å². The quantitative estimate of drug-likeness (QED) is 0.462. The lowest BCUT2D eigenvalue weighted by molar-refractivity contribution is -0.169. The Hall–Kier alpha value is -3.85. The van der Waals surface area contributed by atoms with Gasteiger partial charge in [-0.05, 0) is 35.7 Å². The first-order chi connectivity index (χ1) is 21.3. The number of fused-ring (bicyclic) bond motifs is 1. The van der Waals surface area contributed by atoms with E-state index in [2.05, 4.69) is 10.2 Å². The monoisotopic (exact) mass is 641 g/mol. The zero-order valence-electron chi connectivity index (χ0n) is 24.2. The van der Waals surface area contributed by atoms with E-state index in [9.17, 15) is 40.7 Å². The normalized spacial score (nSPS) is 21.6. The van der Waals surface area contributed by atoms with Gasteiger partial charge in [-0.15, -0.1) is 0 Å². The minimum absolute atomic E-state index is 0.000348. The van der Waals surface area contributed by atoms with Crippen molar-refractivity contribution in [2.75, 3.05) is 45.8 Å². The van der Waals surface area contributed by atoms with Gasteiger partial charge in [0.05, 0.1) is 17.7 Å². The summed E-state index contributed by atoms with van der Waals surface area (Å²) >= 11 is 0. The number of carbonyl (C=O) groups excluding carboxylic acids is 3. The zero-order chi connectivity index (χ0) is 32.4. The number of nitrogens with one attached hydrogen (secondary N) is 1. The number of amides is 3. The highest BCUT2D eigenvalue weighted by atomic mass is 19.4. The fraction of sp³-hybridized carbons (Fsp3) is 0.500. The van der Waals surface area contributed by atoms with Gasteiger partial charge in [0.1, 0.15) is 18.8 Å². The molecule has 9 nitrogen and oxygen atoms in total. The minimum atomic E-state index is -5.05. The lowest BCUT2D eigenvalue weighted by Gasteiger charge is -2.52. The Labute approximate surface area is 255 Å². The molecule has 1 N–H and O–H groups in total. The second kappa shape index (κ2) is 13.3. The van der Waals surface area contributed by atoms with Crippen molar-refractivity contribution in [1.82, 2.24) is 24.9 Å². The Balaban J connectivity index is 1.37. The maximum atomic E-state index is 13.8. The number of alkyl halides is 6. The van der Waals surface area contributed by atoms with Crippen LogP contribution >= 0.6 is 0 Å². The van der Waals surface area contributed by atoms with Gasteiger partial charge in [0.15, 0.2) is 0 Å². The molecule has 2 atom stereocenters. The fourth-order valence-electron chi connectivity index (χ4n) is 5.99. The largest absolute Gasteiger partial charge is 0.444 e. The molecule has 3 fully saturated rings. The number of hydrogen-bond donors (Lipinski definition) is 1. The summed E-state index contributed by atoms with van der Waals surface area (Å²) in [6.07, 6.45) is -11.9. The molecule has 0 saturated carbocycles. The summed E-state index contributed by atoms with van der Waals surface area (Å²) < 4.78 is 85.2. The summed E-state index contributed by atoms with van der Waals surface area (Å²) in [7, 11) is 0. The van der Waals surface area contributed by atoms with Gasteiger partial charge in [-0.2, -0.15) is 26.3 Å². The third kappa shape index (κ3) is 7.69. The van der Waals surface area contributed by atoms with Crippen LogP contribution in [0, 0.1) is 0 Å². The van der Waals surface area contributed by atoms with Crippen molar-refractivity contribution in [1.29, 1.82) is 0 Å². The highest BCUT2D eigenvalue weighted by Crippen LogP contribution is 2.37. The molecule has 244 valence electrons. The molecule has 0 bridgehead atoms. The van der Waals surface area contributed by atoms with Crippen LogP contribution in [-0.2, 0) is 39.8 Å². The number of hydrogen-bond acceptors (Lipinski definition) is 6. The standard InChI is InChI=1S/C30H33F6N5O4/c31-29(32,33)22-14-21(15-23(16-22)30(34,35)36)19-45-28(44)40-11-7-26(42)41-24(6-10-38-12-8-37-9-13-38)27(43)39(18-25(40)41)17-20-4-2-1-3-5-20/h1-5,14-16,24-25,37H,6-13,17-19H2/t24-,25+/m0/s1. The first kappa shape index (κ1) is 32.5. The number of nitrogens with zero attached hydrogens (tertiary/aromatic N) is 4. The van der Waals surface area contributed by atoms with Gasteiger partial charge < -0.3 is 24.8 Å². The minimum Gasteiger partial charge on any atom is -0.444 e. The number of rotatable bonds is 7. The second-order valence-corrected chi connectivity index (χ2v) is 11.3. The van der Waals surface area contributed by atoms with E-state index in [4.69, 9.17) is 4.74 Å². The molecule has 0 radical (unpaired) electrons. The average molecular weight is 642 g/mol. The van der Waals surface area contributed by atoms with Crippen LogP contribution < -0.4 is 5.32 Å². The maximum Gasteiger partial charge on any atom is 0.416 e. The molecule has 0 aromatic heterocycles. The van der Waals surface area contributed by atoms with Gasteiger partial charge in [-0.25, -0.2) is 4.79 Å². The predicted molar refractivity (Wildman–Crippen MR) is 148 cm³/mol. The van der Waals surface area contributed by atoms with Crippen molar-refractivity contribution < 1.29 is 45.5 Å². The molecule has 3 aliphatic heterocycles. The molecule has 5 rings (SSSR count). The van der Waals surface area contributed by atoms with Crippen LogP contribution in [0.25, 0.3) is 0 Å². The Morgan fingerprint density at radius 3 is 2.16 bits per heavy atom. The molecule has 45 heavy (non-hydrogen) atoms. The fourth-order valence-corrected chi connectivity index (χ4v) is 5.99. The van der Waals surface area contributed by atoms with E-state index in [1.54, 1.807) is 4.90 Å². The van der Waals surface area contributed by atoms with Gasteiger partial charge in [0, 0.05) is 52.2 Å². The molecule has 2 aromatic rings. The zero-order valence-corrected chi connectivity index (χ0v) is 24.2. The summed E-state index contributed by atoms with van der Waals surface area (Å²) in [6.45, 7) is 2.90. The number of halogens is 6. The van der Waals surface area contributed by atoms with E-state index >= 15 is 0 Å². The lowest BCUT2D eigenvalue weighted by atomic mass is 10.0. The Morgan fingerprint density at radius 2 is 1.53 bits per heavy atom. The number of piperazine rings is 2. The molecule has 3 saturated heterocycles. The molecule has 3 heterocycles. The third-order valence-electron chi connectivity index (χ3n) is 8.24. The lowest BCUT2D eigenvalue weighted by Crippen LogP contribution is -2.71. The highest BCUT2D eigenvalue weighted by Gasteiger charge is 2.49. The maximum absolute atomic E-state index is 13.8. The Morgan fingerprint density at radius 1 is 0.889 bits per heavy atom. The molecule has 0 unspecified atom stereocenters. The molecule has 0 aliphatic carbocycles. The smallest absolute Gasteiger partial charge is 0.416 e. The van der Waals surface area contributed by atoms with Crippen LogP contribution in [0.5, 0.6) is 0 Å². The van der Waals surface area contributed by atoms with Crippen LogP contribution in [0.1, 0.15) is 35.1 Å². The Kier molecular flexibility index (Phi) is 9.58. The van der Waals surface area contributed by atoms with Crippen molar-refractivity contribution in [3.63, 3.8) is 0 Å².